The third kappa shape index (κ3) is 3.89. The Labute approximate surface area is 220 Å². The van der Waals surface area contributed by atoms with Crippen LogP contribution in [-0.4, -0.2) is 26.8 Å². The molecule has 0 radical (unpaired) electrons. The number of pyridine rings is 1. The molecule has 1 aliphatic heterocycles. The van der Waals surface area contributed by atoms with Gasteiger partial charge in [0.25, 0.3) is 5.91 Å². The number of Topliss-reactive ketones (excluding diaryl/α,β-unsaturated/α-hetero) is 1. The van der Waals surface area contributed by atoms with E-state index in [1.54, 1.807) is 48.7 Å². The number of aromatic nitrogens is 2. The van der Waals surface area contributed by atoms with Crippen molar-refractivity contribution in [2.24, 2.45) is 0 Å². The largest absolute Gasteiger partial charge is 0.503 e. The maximum absolute atomic E-state index is 13.7. The normalized spacial score (nSPS) is 16.1. The second-order valence-electron chi connectivity index (χ2n) is 9.09. The number of carbonyl (C=O) groups excluding carboxylic acids is 2. The molecule has 37 heavy (non-hydrogen) atoms. The minimum atomic E-state index is -0.983. The van der Waals surface area contributed by atoms with Gasteiger partial charge in [0, 0.05) is 16.6 Å². The summed E-state index contributed by atoms with van der Waals surface area (Å²) in [5.41, 5.74) is 2.65. The van der Waals surface area contributed by atoms with Gasteiger partial charge < -0.3 is 9.52 Å². The van der Waals surface area contributed by atoms with Gasteiger partial charge in [-0.1, -0.05) is 48.9 Å². The van der Waals surface area contributed by atoms with E-state index in [2.05, 4.69) is 29.9 Å². The van der Waals surface area contributed by atoms with Crippen molar-refractivity contribution >= 4 is 60.9 Å². The number of amides is 1. The molecule has 1 atom stereocenters. The van der Waals surface area contributed by atoms with E-state index in [4.69, 9.17) is 16.0 Å². The first-order valence-corrected chi connectivity index (χ1v) is 12.8. The molecule has 6 rings (SSSR count). The molecule has 3 aromatic heterocycles. The highest BCUT2D eigenvalue weighted by atomic mass is 35.5. The van der Waals surface area contributed by atoms with E-state index < -0.39 is 23.5 Å². The summed E-state index contributed by atoms with van der Waals surface area (Å²) in [4.78, 5) is 37.6. The fourth-order valence-electron chi connectivity index (χ4n) is 4.50. The van der Waals surface area contributed by atoms with Crippen LogP contribution in [-0.2, 0) is 4.79 Å². The lowest BCUT2D eigenvalue weighted by Gasteiger charge is -2.23. The van der Waals surface area contributed by atoms with Crippen LogP contribution in [0.5, 0.6) is 0 Å². The van der Waals surface area contributed by atoms with E-state index in [1.807, 2.05) is 12.1 Å². The molecule has 1 amide bonds. The number of ketones is 1. The summed E-state index contributed by atoms with van der Waals surface area (Å²) in [7, 11) is 0. The number of furan rings is 1. The fraction of sp³-hybridized carbons (Fsp3) is 0.143. The minimum Gasteiger partial charge on any atom is -0.503 e. The van der Waals surface area contributed by atoms with E-state index >= 15 is 0 Å². The Morgan fingerprint density at radius 1 is 1.14 bits per heavy atom. The molecule has 0 fully saturated rings. The molecule has 0 saturated carbocycles. The summed E-state index contributed by atoms with van der Waals surface area (Å²) in [5.74, 6) is -1.67. The van der Waals surface area contributed by atoms with Crippen molar-refractivity contribution < 1.29 is 19.1 Å². The molecular formula is C28H20ClN3O4S. The average molecular weight is 530 g/mol. The minimum absolute atomic E-state index is 0.0136. The third-order valence-electron chi connectivity index (χ3n) is 6.40. The molecule has 9 heteroatoms. The quantitative estimate of drug-likeness (QED) is 0.246. The van der Waals surface area contributed by atoms with Gasteiger partial charge in [0.15, 0.2) is 16.7 Å². The molecule has 0 bridgehead atoms. The maximum Gasteiger partial charge on any atom is 0.296 e. The van der Waals surface area contributed by atoms with E-state index in [9.17, 15) is 14.7 Å². The summed E-state index contributed by atoms with van der Waals surface area (Å²) in [6.07, 6.45) is 1.58. The van der Waals surface area contributed by atoms with Crippen molar-refractivity contribution in [1.29, 1.82) is 0 Å². The van der Waals surface area contributed by atoms with Gasteiger partial charge in [0.05, 0.1) is 21.5 Å². The number of aliphatic hydroxyl groups excluding tert-OH is 1. The van der Waals surface area contributed by atoms with Crippen LogP contribution in [0.3, 0.4) is 0 Å². The van der Waals surface area contributed by atoms with E-state index in [-0.39, 0.29) is 11.3 Å². The van der Waals surface area contributed by atoms with Crippen LogP contribution in [0, 0.1) is 0 Å². The Balaban J connectivity index is 1.48. The van der Waals surface area contributed by atoms with Crippen LogP contribution in [0.1, 0.15) is 47.6 Å². The summed E-state index contributed by atoms with van der Waals surface area (Å²) >= 11 is 7.41. The number of halogens is 1. The molecule has 4 heterocycles. The molecule has 1 unspecified atom stereocenters. The van der Waals surface area contributed by atoms with Gasteiger partial charge in [0.1, 0.15) is 11.6 Å². The maximum atomic E-state index is 13.7. The molecule has 1 aliphatic rings. The number of rotatable bonds is 5. The first kappa shape index (κ1) is 23.4. The molecule has 0 aliphatic carbocycles. The third-order valence-corrected chi connectivity index (χ3v) is 7.65. The molecule has 5 aromatic rings. The van der Waals surface area contributed by atoms with Crippen LogP contribution < -0.4 is 4.90 Å². The van der Waals surface area contributed by atoms with Crippen molar-refractivity contribution in [3.63, 3.8) is 0 Å². The Morgan fingerprint density at radius 3 is 2.73 bits per heavy atom. The number of thiazole rings is 1. The SMILES string of the molecule is CC(C)c1ccc2nc(N3C(=O)C(O)=C(C(=O)c4cc5cc(Cl)ccc5o4)C3c3ccccn3)sc2c1. The number of hydrogen-bond acceptors (Lipinski definition) is 7. The zero-order valence-corrected chi connectivity index (χ0v) is 21.4. The summed E-state index contributed by atoms with van der Waals surface area (Å²) in [6, 6.07) is 16.8. The van der Waals surface area contributed by atoms with Crippen molar-refractivity contribution in [2.75, 3.05) is 4.90 Å². The standard InChI is InChI=1S/C28H20ClN3O4S/c1-14(2)15-6-8-18-22(13-15)37-28(31-18)32-24(19-5-3-4-10-30-19)23(26(34)27(32)35)25(33)21-12-16-11-17(29)7-9-20(16)36-21/h3-14,24,34H,1-2H3. The summed E-state index contributed by atoms with van der Waals surface area (Å²) in [6.45, 7) is 4.21. The summed E-state index contributed by atoms with van der Waals surface area (Å²) in [5, 5.41) is 12.5. The van der Waals surface area contributed by atoms with Gasteiger partial charge >= 0.3 is 0 Å². The molecule has 0 spiro atoms. The molecule has 2 aromatic carbocycles. The van der Waals surface area contributed by atoms with E-state index in [1.165, 1.54) is 16.2 Å². The van der Waals surface area contributed by atoms with E-state index in [0.717, 1.165) is 15.8 Å². The monoisotopic (exact) mass is 529 g/mol. The van der Waals surface area contributed by atoms with Gasteiger partial charge in [-0.05, 0) is 60.0 Å². The van der Waals surface area contributed by atoms with Crippen molar-refractivity contribution in [3.05, 3.63) is 100 Å². The van der Waals surface area contributed by atoms with Gasteiger partial charge in [-0.3, -0.25) is 19.5 Å². The van der Waals surface area contributed by atoms with Crippen LogP contribution in [0.4, 0.5) is 5.13 Å². The van der Waals surface area contributed by atoms with Crippen LogP contribution >= 0.6 is 22.9 Å². The Kier molecular flexibility index (Phi) is 5.58. The number of carbonyl (C=O) groups is 2. The fourth-order valence-corrected chi connectivity index (χ4v) is 5.72. The highest BCUT2D eigenvalue weighted by molar-refractivity contribution is 7.22. The van der Waals surface area contributed by atoms with Crippen molar-refractivity contribution in [1.82, 2.24) is 9.97 Å². The highest BCUT2D eigenvalue weighted by Gasteiger charge is 2.47. The zero-order valence-electron chi connectivity index (χ0n) is 19.8. The van der Waals surface area contributed by atoms with Crippen LogP contribution in [0.15, 0.2) is 82.6 Å². The predicted molar refractivity (Wildman–Crippen MR) is 143 cm³/mol. The number of benzene rings is 2. The molecule has 0 saturated heterocycles. The number of nitrogens with zero attached hydrogens (tertiary/aromatic N) is 3. The summed E-state index contributed by atoms with van der Waals surface area (Å²) < 4.78 is 6.68. The lowest BCUT2D eigenvalue weighted by Crippen LogP contribution is -2.31. The first-order valence-electron chi connectivity index (χ1n) is 11.6. The van der Waals surface area contributed by atoms with Gasteiger partial charge in [-0.25, -0.2) is 4.98 Å². The lowest BCUT2D eigenvalue weighted by atomic mass is 9.98. The van der Waals surface area contributed by atoms with Gasteiger partial charge in [-0.2, -0.15) is 0 Å². The Hall–Kier alpha value is -4.01. The zero-order chi connectivity index (χ0) is 25.8. The first-order chi connectivity index (χ1) is 17.8. The van der Waals surface area contributed by atoms with Gasteiger partial charge in [0.2, 0.25) is 5.78 Å². The molecule has 1 N–H and O–H groups in total. The second-order valence-corrected chi connectivity index (χ2v) is 10.5. The topological polar surface area (TPSA) is 96.5 Å². The van der Waals surface area contributed by atoms with Crippen LogP contribution in [0.2, 0.25) is 5.02 Å². The smallest absolute Gasteiger partial charge is 0.296 e. The van der Waals surface area contributed by atoms with Gasteiger partial charge in [-0.15, -0.1) is 0 Å². The lowest BCUT2D eigenvalue weighted by molar-refractivity contribution is -0.117. The second kappa shape index (κ2) is 8.83. The Morgan fingerprint density at radius 2 is 1.97 bits per heavy atom. The molecule has 184 valence electrons. The number of anilines is 1. The predicted octanol–water partition coefficient (Wildman–Crippen LogP) is 7.00. The number of aliphatic hydroxyl groups is 1. The highest BCUT2D eigenvalue weighted by Crippen LogP contribution is 2.44. The van der Waals surface area contributed by atoms with Crippen molar-refractivity contribution in [2.45, 2.75) is 25.8 Å². The van der Waals surface area contributed by atoms with E-state index in [0.29, 0.717) is 32.7 Å². The number of hydrogen-bond donors (Lipinski definition) is 1. The Bertz CT molecular complexity index is 1740. The van der Waals surface area contributed by atoms with Crippen molar-refractivity contribution in [3.8, 4) is 0 Å². The molecule has 7 nitrogen and oxygen atoms in total. The average Bonchev–Trinajstić information content (AvgIpc) is 3.57. The molecular weight excluding hydrogens is 510 g/mol. The number of fused-ring (bicyclic) bond motifs is 2. The van der Waals surface area contributed by atoms with Crippen LogP contribution in [0.25, 0.3) is 21.2 Å².